The lowest BCUT2D eigenvalue weighted by molar-refractivity contribution is -0.120. The van der Waals surface area contributed by atoms with E-state index in [1.165, 1.54) is 16.1 Å². The number of carbonyl (C=O) groups excluding carboxylic acids is 1. The van der Waals surface area contributed by atoms with Gasteiger partial charge in [0, 0.05) is 24.7 Å². The minimum atomic E-state index is -3.15. The van der Waals surface area contributed by atoms with Crippen molar-refractivity contribution >= 4 is 21.6 Å². The molecular formula is C17H26N2O3S. The van der Waals surface area contributed by atoms with Crippen molar-refractivity contribution in [1.29, 1.82) is 0 Å². The SMILES string of the molecule is CC(C)Cc1ccc(NC(=O)C2CCN(S(C)(=O)=O)CC2)cc1. The molecule has 1 N–H and O–H groups in total. The number of amides is 1. The van der Waals surface area contributed by atoms with E-state index >= 15 is 0 Å². The van der Waals surface area contributed by atoms with Crippen molar-refractivity contribution in [3.05, 3.63) is 29.8 Å². The summed E-state index contributed by atoms with van der Waals surface area (Å²) in [6.45, 7) is 5.20. The van der Waals surface area contributed by atoms with Crippen LogP contribution < -0.4 is 5.32 Å². The van der Waals surface area contributed by atoms with Gasteiger partial charge in [0.05, 0.1) is 6.26 Å². The van der Waals surface area contributed by atoms with E-state index in [1.807, 2.05) is 24.3 Å². The van der Waals surface area contributed by atoms with E-state index in [1.54, 1.807) is 0 Å². The molecule has 23 heavy (non-hydrogen) atoms. The van der Waals surface area contributed by atoms with Crippen LogP contribution in [-0.2, 0) is 21.2 Å². The average molecular weight is 338 g/mol. The Bertz CT molecular complexity index is 630. The Morgan fingerprint density at radius 2 is 1.78 bits per heavy atom. The fraction of sp³-hybridized carbons (Fsp3) is 0.588. The molecule has 0 unspecified atom stereocenters. The van der Waals surface area contributed by atoms with Crippen molar-refractivity contribution in [2.75, 3.05) is 24.7 Å². The molecule has 1 amide bonds. The Hall–Kier alpha value is -1.40. The molecule has 0 saturated carbocycles. The number of hydrogen-bond donors (Lipinski definition) is 1. The van der Waals surface area contributed by atoms with Gasteiger partial charge >= 0.3 is 0 Å². The average Bonchev–Trinajstić information content (AvgIpc) is 2.48. The number of piperidine rings is 1. The maximum atomic E-state index is 12.3. The van der Waals surface area contributed by atoms with Crippen LogP contribution in [0.15, 0.2) is 24.3 Å². The first-order valence-electron chi connectivity index (χ1n) is 8.10. The molecule has 1 heterocycles. The van der Waals surface area contributed by atoms with E-state index in [-0.39, 0.29) is 11.8 Å². The van der Waals surface area contributed by atoms with Crippen LogP contribution in [0.25, 0.3) is 0 Å². The Morgan fingerprint density at radius 1 is 1.22 bits per heavy atom. The first kappa shape index (κ1) is 17.9. The van der Waals surface area contributed by atoms with Gasteiger partial charge in [-0.2, -0.15) is 0 Å². The third kappa shape index (κ3) is 5.32. The summed E-state index contributed by atoms with van der Waals surface area (Å²) < 4.78 is 24.4. The standard InChI is InChI=1S/C17H26N2O3S/c1-13(2)12-14-4-6-16(7-5-14)18-17(20)15-8-10-19(11-9-15)23(3,21)22/h4-7,13,15H,8-12H2,1-3H3,(H,18,20). The first-order chi connectivity index (χ1) is 10.8. The van der Waals surface area contributed by atoms with Crippen LogP contribution in [0.2, 0.25) is 0 Å². The van der Waals surface area contributed by atoms with Gasteiger partial charge in [-0.25, -0.2) is 12.7 Å². The number of rotatable bonds is 5. The Kier molecular flexibility index (Phi) is 5.81. The molecule has 6 heteroatoms. The molecule has 0 atom stereocenters. The zero-order valence-electron chi connectivity index (χ0n) is 14.1. The monoisotopic (exact) mass is 338 g/mol. The molecule has 1 aromatic carbocycles. The van der Waals surface area contributed by atoms with Gasteiger partial charge in [-0.3, -0.25) is 4.79 Å². The van der Waals surface area contributed by atoms with Gasteiger partial charge in [0.15, 0.2) is 0 Å². The van der Waals surface area contributed by atoms with Gasteiger partial charge in [0.2, 0.25) is 15.9 Å². The summed E-state index contributed by atoms with van der Waals surface area (Å²) in [5, 5.41) is 2.94. The summed E-state index contributed by atoms with van der Waals surface area (Å²) in [6.07, 6.45) is 3.39. The van der Waals surface area contributed by atoms with E-state index in [4.69, 9.17) is 0 Å². The molecule has 2 rings (SSSR count). The highest BCUT2D eigenvalue weighted by Gasteiger charge is 2.28. The fourth-order valence-corrected chi connectivity index (χ4v) is 3.76. The van der Waals surface area contributed by atoms with Crippen molar-refractivity contribution in [3.63, 3.8) is 0 Å². The van der Waals surface area contributed by atoms with E-state index in [0.717, 1.165) is 12.1 Å². The lowest BCUT2D eigenvalue weighted by Crippen LogP contribution is -2.40. The van der Waals surface area contributed by atoms with Crippen LogP contribution in [0.3, 0.4) is 0 Å². The van der Waals surface area contributed by atoms with Crippen molar-refractivity contribution in [1.82, 2.24) is 4.31 Å². The molecule has 1 fully saturated rings. The van der Waals surface area contributed by atoms with E-state index in [9.17, 15) is 13.2 Å². The number of benzene rings is 1. The topological polar surface area (TPSA) is 66.5 Å². The second-order valence-electron chi connectivity index (χ2n) is 6.72. The van der Waals surface area contributed by atoms with Crippen LogP contribution in [0.4, 0.5) is 5.69 Å². The van der Waals surface area contributed by atoms with E-state index < -0.39 is 10.0 Å². The predicted molar refractivity (Wildman–Crippen MR) is 92.8 cm³/mol. The van der Waals surface area contributed by atoms with Gasteiger partial charge in [-0.05, 0) is 42.9 Å². The molecular weight excluding hydrogens is 312 g/mol. The molecule has 128 valence electrons. The molecule has 1 saturated heterocycles. The molecule has 1 aromatic rings. The lowest BCUT2D eigenvalue weighted by Gasteiger charge is -2.29. The fourth-order valence-electron chi connectivity index (χ4n) is 2.89. The van der Waals surface area contributed by atoms with E-state index in [2.05, 4.69) is 19.2 Å². The zero-order chi connectivity index (χ0) is 17.0. The van der Waals surface area contributed by atoms with Crippen LogP contribution in [0, 0.1) is 11.8 Å². The number of anilines is 1. The molecule has 0 spiro atoms. The van der Waals surface area contributed by atoms with Gasteiger partial charge < -0.3 is 5.32 Å². The van der Waals surface area contributed by atoms with Gasteiger partial charge in [0.25, 0.3) is 0 Å². The summed E-state index contributed by atoms with van der Waals surface area (Å²) in [6, 6.07) is 7.95. The van der Waals surface area contributed by atoms with Crippen molar-refractivity contribution in [2.24, 2.45) is 11.8 Å². The first-order valence-corrected chi connectivity index (χ1v) is 9.95. The molecule has 1 aliphatic heterocycles. The number of sulfonamides is 1. The zero-order valence-corrected chi connectivity index (χ0v) is 14.9. The minimum absolute atomic E-state index is 0.0187. The molecule has 0 bridgehead atoms. The number of hydrogen-bond acceptors (Lipinski definition) is 3. The number of nitrogens with zero attached hydrogens (tertiary/aromatic N) is 1. The molecule has 0 aliphatic carbocycles. The Balaban J connectivity index is 1.88. The highest BCUT2D eigenvalue weighted by atomic mass is 32.2. The maximum absolute atomic E-state index is 12.3. The molecule has 1 aliphatic rings. The molecule has 5 nitrogen and oxygen atoms in total. The molecule has 0 radical (unpaired) electrons. The minimum Gasteiger partial charge on any atom is -0.326 e. The normalized spacial score (nSPS) is 17.4. The number of nitrogens with one attached hydrogen (secondary N) is 1. The summed E-state index contributed by atoms with van der Waals surface area (Å²) in [4.78, 5) is 12.3. The summed E-state index contributed by atoms with van der Waals surface area (Å²) >= 11 is 0. The van der Waals surface area contributed by atoms with Crippen LogP contribution in [-0.4, -0.2) is 38.0 Å². The second-order valence-corrected chi connectivity index (χ2v) is 8.70. The highest BCUT2D eigenvalue weighted by molar-refractivity contribution is 7.88. The second kappa shape index (κ2) is 7.45. The van der Waals surface area contributed by atoms with Crippen LogP contribution in [0.1, 0.15) is 32.3 Å². The maximum Gasteiger partial charge on any atom is 0.227 e. The summed E-state index contributed by atoms with van der Waals surface area (Å²) in [5.41, 5.74) is 2.06. The quantitative estimate of drug-likeness (QED) is 0.897. The van der Waals surface area contributed by atoms with E-state index in [0.29, 0.717) is 31.8 Å². The van der Waals surface area contributed by atoms with Crippen LogP contribution >= 0.6 is 0 Å². The summed E-state index contributed by atoms with van der Waals surface area (Å²) in [7, 11) is -3.15. The third-order valence-electron chi connectivity index (χ3n) is 4.16. The van der Waals surface area contributed by atoms with Crippen molar-refractivity contribution in [2.45, 2.75) is 33.1 Å². The Morgan fingerprint density at radius 3 is 2.26 bits per heavy atom. The smallest absolute Gasteiger partial charge is 0.227 e. The van der Waals surface area contributed by atoms with Gasteiger partial charge in [0.1, 0.15) is 0 Å². The van der Waals surface area contributed by atoms with Crippen molar-refractivity contribution < 1.29 is 13.2 Å². The molecule has 0 aromatic heterocycles. The Labute approximate surface area is 139 Å². The van der Waals surface area contributed by atoms with Crippen molar-refractivity contribution in [3.8, 4) is 0 Å². The van der Waals surface area contributed by atoms with Crippen LogP contribution in [0.5, 0.6) is 0 Å². The van der Waals surface area contributed by atoms with Gasteiger partial charge in [-0.1, -0.05) is 26.0 Å². The largest absolute Gasteiger partial charge is 0.326 e. The van der Waals surface area contributed by atoms with Gasteiger partial charge in [-0.15, -0.1) is 0 Å². The lowest BCUT2D eigenvalue weighted by atomic mass is 9.97. The highest BCUT2D eigenvalue weighted by Crippen LogP contribution is 2.21. The predicted octanol–water partition coefficient (Wildman–Crippen LogP) is 2.50. The third-order valence-corrected chi connectivity index (χ3v) is 5.46. The number of carbonyl (C=O) groups is 1. The summed E-state index contributed by atoms with van der Waals surface area (Å²) in [5.74, 6) is 0.466.